The molecule has 3 heteroatoms. The first-order chi connectivity index (χ1) is 6.04. The summed E-state index contributed by atoms with van der Waals surface area (Å²) in [7, 11) is 0. The zero-order chi connectivity index (χ0) is 10.5. The van der Waals surface area contributed by atoms with Gasteiger partial charge >= 0.3 is 5.97 Å². The van der Waals surface area contributed by atoms with Gasteiger partial charge < -0.3 is 10.8 Å². The molecule has 0 aliphatic carbocycles. The predicted molar refractivity (Wildman–Crippen MR) is 53.5 cm³/mol. The van der Waals surface area contributed by atoms with Crippen LogP contribution in [0.2, 0.25) is 0 Å². The summed E-state index contributed by atoms with van der Waals surface area (Å²) in [6, 6.07) is 0. The van der Waals surface area contributed by atoms with Gasteiger partial charge in [0.05, 0.1) is 0 Å². The predicted octanol–water partition coefficient (Wildman–Crippen LogP) is 1.78. The molecular weight excluding hydrogens is 166 g/mol. The van der Waals surface area contributed by atoms with E-state index in [1.165, 1.54) is 0 Å². The Kier molecular flexibility index (Phi) is 4.70. The van der Waals surface area contributed by atoms with Crippen molar-refractivity contribution < 1.29 is 9.90 Å². The summed E-state index contributed by atoms with van der Waals surface area (Å²) < 4.78 is 0. The first kappa shape index (κ1) is 12.2. The Morgan fingerprint density at radius 3 is 2.15 bits per heavy atom. The number of nitrogens with two attached hydrogens (primary N) is 1. The van der Waals surface area contributed by atoms with Crippen molar-refractivity contribution in [1.82, 2.24) is 0 Å². The lowest BCUT2D eigenvalue weighted by Gasteiger charge is -2.31. The molecule has 0 unspecified atom stereocenters. The average molecular weight is 185 g/mol. The Morgan fingerprint density at radius 1 is 1.46 bits per heavy atom. The Morgan fingerprint density at radius 2 is 1.92 bits per heavy atom. The number of hydrogen-bond donors (Lipinski definition) is 2. The maximum Gasteiger partial charge on any atom is 0.331 e. The van der Waals surface area contributed by atoms with Gasteiger partial charge in [-0.3, -0.25) is 0 Å². The van der Waals surface area contributed by atoms with Gasteiger partial charge in [-0.15, -0.1) is 0 Å². The fraction of sp³-hybridized carbons (Fsp3) is 0.700. The van der Waals surface area contributed by atoms with E-state index in [0.717, 1.165) is 12.8 Å². The van der Waals surface area contributed by atoms with Crippen LogP contribution in [0.5, 0.6) is 0 Å². The number of carbonyl (C=O) groups is 1. The molecule has 0 saturated carbocycles. The number of aliphatic carboxylic acids is 1. The van der Waals surface area contributed by atoms with E-state index in [-0.39, 0.29) is 5.41 Å². The highest BCUT2D eigenvalue weighted by molar-refractivity contribution is 5.87. The van der Waals surface area contributed by atoms with Crippen LogP contribution in [0.25, 0.3) is 0 Å². The van der Waals surface area contributed by atoms with Gasteiger partial charge in [-0.1, -0.05) is 20.4 Å². The second-order valence-corrected chi connectivity index (χ2v) is 3.31. The summed E-state index contributed by atoms with van der Waals surface area (Å²) in [5.41, 5.74) is 5.46. The lowest BCUT2D eigenvalue weighted by Crippen LogP contribution is -2.28. The highest BCUT2D eigenvalue weighted by Crippen LogP contribution is 2.37. The number of carboxylic acids is 1. The van der Waals surface area contributed by atoms with Crippen molar-refractivity contribution in [2.75, 3.05) is 6.54 Å². The van der Waals surface area contributed by atoms with Gasteiger partial charge in [0.15, 0.2) is 0 Å². The molecule has 13 heavy (non-hydrogen) atoms. The zero-order valence-corrected chi connectivity index (χ0v) is 8.47. The molecule has 0 fully saturated rings. The minimum atomic E-state index is -0.905. The van der Waals surface area contributed by atoms with E-state index in [0.29, 0.717) is 18.5 Å². The first-order valence-electron chi connectivity index (χ1n) is 4.66. The van der Waals surface area contributed by atoms with Crippen molar-refractivity contribution in [3.63, 3.8) is 0 Å². The lowest BCUT2D eigenvalue weighted by molar-refractivity contribution is -0.134. The van der Waals surface area contributed by atoms with E-state index in [4.69, 9.17) is 10.8 Å². The summed E-state index contributed by atoms with van der Waals surface area (Å²) in [6.45, 7) is 8.10. The molecule has 3 N–H and O–H groups in total. The molecule has 0 aromatic carbocycles. The summed E-state index contributed by atoms with van der Waals surface area (Å²) in [6.07, 6.45) is 2.27. The molecule has 0 rings (SSSR count). The van der Waals surface area contributed by atoms with E-state index in [1.54, 1.807) is 0 Å². The largest absolute Gasteiger partial charge is 0.478 e. The van der Waals surface area contributed by atoms with Crippen molar-refractivity contribution in [1.29, 1.82) is 0 Å². The molecule has 0 spiro atoms. The lowest BCUT2D eigenvalue weighted by atomic mass is 9.73. The van der Waals surface area contributed by atoms with Crippen LogP contribution in [-0.2, 0) is 4.79 Å². The summed E-state index contributed by atoms with van der Waals surface area (Å²) in [4.78, 5) is 10.8. The van der Waals surface area contributed by atoms with E-state index in [9.17, 15) is 4.79 Å². The van der Waals surface area contributed by atoms with Gasteiger partial charge in [0.25, 0.3) is 0 Å². The molecule has 0 aromatic heterocycles. The molecule has 0 aromatic rings. The second-order valence-electron chi connectivity index (χ2n) is 3.31. The van der Waals surface area contributed by atoms with Crippen LogP contribution < -0.4 is 5.73 Å². The molecule has 0 amide bonds. The van der Waals surface area contributed by atoms with E-state index < -0.39 is 5.97 Å². The Bertz CT molecular complexity index is 195. The molecule has 0 heterocycles. The van der Waals surface area contributed by atoms with Crippen LogP contribution in [0.3, 0.4) is 0 Å². The maximum atomic E-state index is 10.8. The van der Waals surface area contributed by atoms with Crippen molar-refractivity contribution >= 4 is 5.97 Å². The third-order valence-electron chi connectivity index (χ3n) is 2.87. The molecule has 76 valence electrons. The van der Waals surface area contributed by atoms with E-state index >= 15 is 0 Å². The van der Waals surface area contributed by atoms with Gasteiger partial charge in [-0.05, 0) is 25.8 Å². The zero-order valence-electron chi connectivity index (χ0n) is 8.47. The third-order valence-corrected chi connectivity index (χ3v) is 2.87. The average Bonchev–Trinajstić information content (AvgIpc) is 2.13. The Labute approximate surface area is 79.6 Å². The Hall–Kier alpha value is -0.830. The monoisotopic (exact) mass is 185 g/mol. The standard InChI is InChI=1S/C10H19NO2/c1-4-10(5-2,6-7-11)8(3)9(12)13/h3-7,11H2,1-2H3,(H,12,13). The van der Waals surface area contributed by atoms with E-state index in [1.807, 2.05) is 13.8 Å². The van der Waals surface area contributed by atoms with Crippen molar-refractivity contribution in [2.45, 2.75) is 33.1 Å². The summed E-state index contributed by atoms with van der Waals surface area (Å²) in [5.74, 6) is -0.905. The van der Waals surface area contributed by atoms with Gasteiger partial charge in [0.2, 0.25) is 0 Å². The van der Waals surface area contributed by atoms with Crippen LogP contribution in [-0.4, -0.2) is 17.6 Å². The highest BCUT2D eigenvalue weighted by Gasteiger charge is 2.32. The van der Waals surface area contributed by atoms with Crippen molar-refractivity contribution in [3.8, 4) is 0 Å². The molecule has 0 bridgehead atoms. The molecule has 3 nitrogen and oxygen atoms in total. The fourth-order valence-corrected chi connectivity index (χ4v) is 1.68. The Balaban J connectivity index is 4.74. The SMILES string of the molecule is C=C(C(=O)O)C(CC)(CC)CCN. The quantitative estimate of drug-likeness (QED) is 0.620. The molecule has 0 radical (unpaired) electrons. The molecular formula is C10H19NO2. The van der Waals surface area contributed by atoms with Crippen molar-refractivity contribution in [3.05, 3.63) is 12.2 Å². The second kappa shape index (κ2) is 5.02. The van der Waals surface area contributed by atoms with Crippen LogP contribution in [0, 0.1) is 5.41 Å². The number of carboxylic acid groups (broad SMARTS) is 1. The first-order valence-corrected chi connectivity index (χ1v) is 4.66. The minimum Gasteiger partial charge on any atom is -0.478 e. The minimum absolute atomic E-state index is 0.294. The normalized spacial score (nSPS) is 11.3. The van der Waals surface area contributed by atoms with Crippen LogP contribution in [0.1, 0.15) is 33.1 Å². The van der Waals surface area contributed by atoms with Crippen LogP contribution >= 0.6 is 0 Å². The molecule has 0 atom stereocenters. The van der Waals surface area contributed by atoms with Crippen LogP contribution in [0.15, 0.2) is 12.2 Å². The summed E-state index contributed by atoms with van der Waals surface area (Å²) >= 11 is 0. The maximum absolute atomic E-state index is 10.8. The number of hydrogen-bond acceptors (Lipinski definition) is 2. The van der Waals surface area contributed by atoms with Gasteiger partial charge in [0.1, 0.15) is 0 Å². The van der Waals surface area contributed by atoms with Crippen LogP contribution in [0.4, 0.5) is 0 Å². The fourth-order valence-electron chi connectivity index (χ4n) is 1.68. The highest BCUT2D eigenvalue weighted by atomic mass is 16.4. The molecule has 0 saturated heterocycles. The van der Waals surface area contributed by atoms with Gasteiger partial charge in [-0.25, -0.2) is 4.79 Å². The third kappa shape index (κ3) is 2.56. The van der Waals surface area contributed by atoms with Gasteiger partial charge in [-0.2, -0.15) is 0 Å². The molecule has 0 aliphatic rings. The molecule has 0 aliphatic heterocycles. The smallest absolute Gasteiger partial charge is 0.331 e. The van der Waals surface area contributed by atoms with Crippen molar-refractivity contribution in [2.24, 2.45) is 11.1 Å². The topological polar surface area (TPSA) is 63.3 Å². The van der Waals surface area contributed by atoms with E-state index in [2.05, 4.69) is 6.58 Å². The van der Waals surface area contributed by atoms with Gasteiger partial charge in [0, 0.05) is 11.0 Å². The summed E-state index contributed by atoms with van der Waals surface area (Å²) in [5, 5.41) is 8.87. The number of rotatable bonds is 6.